The summed E-state index contributed by atoms with van der Waals surface area (Å²) >= 11 is 0. The maximum Gasteiger partial charge on any atom is 0.461 e. The summed E-state index contributed by atoms with van der Waals surface area (Å²) in [6.07, 6.45) is -11.5. The van der Waals surface area contributed by atoms with Gasteiger partial charge in [0.1, 0.15) is 17.0 Å². The van der Waals surface area contributed by atoms with Crippen LogP contribution < -0.4 is 10.3 Å². The van der Waals surface area contributed by atoms with Gasteiger partial charge in [0.2, 0.25) is 0 Å². The van der Waals surface area contributed by atoms with Crippen molar-refractivity contribution in [1.29, 1.82) is 0 Å². The lowest BCUT2D eigenvalue weighted by molar-refractivity contribution is -0.253. The highest BCUT2D eigenvalue weighted by molar-refractivity contribution is 7.91. The standard InChI is InChI=1S/C24H16F7N3O4S/c1-2-39(36,37)19-9-14(13-3-6-16(7-4-13)38-24(30,31)22(25)26)11-32-20(19)34-12-33-18-8-5-15(23(27,28)29)10-17(18)21(34)35/h3-12,22H,2H2,1H3. The Balaban J connectivity index is 1.82. The first kappa shape index (κ1) is 28.0. The van der Waals surface area contributed by atoms with Gasteiger partial charge in [0.25, 0.3) is 5.56 Å². The van der Waals surface area contributed by atoms with E-state index in [4.69, 9.17) is 0 Å². The first-order valence-electron chi connectivity index (χ1n) is 10.9. The lowest BCUT2D eigenvalue weighted by Crippen LogP contribution is -2.33. The van der Waals surface area contributed by atoms with Crippen LogP contribution in [0, 0.1) is 0 Å². The molecule has 0 aliphatic rings. The topological polar surface area (TPSA) is 91.2 Å². The third kappa shape index (κ3) is 5.57. The second kappa shape index (κ2) is 9.94. The van der Waals surface area contributed by atoms with Gasteiger partial charge < -0.3 is 4.74 Å². The zero-order chi connectivity index (χ0) is 28.8. The highest BCUT2D eigenvalue weighted by Gasteiger charge is 2.44. The number of nitrogens with zero attached hydrogens (tertiary/aromatic N) is 3. The number of halogens is 7. The molecule has 0 radical (unpaired) electrons. The normalized spacial score (nSPS) is 12.7. The van der Waals surface area contributed by atoms with E-state index < -0.39 is 67.3 Å². The number of fused-ring (bicyclic) bond motifs is 1. The molecule has 4 rings (SSSR count). The van der Waals surface area contributed by atoms with E-state index in [1.165, 1.54) is 19.1 Å². The second-order valence-corrected chi connectivity index (χ2v) is 10.3. The summed E-state index contributed by atoms with van der Waals surface area (Å²) in [5.74, 6) is -1.44. The lowest BCUT2D eigenvalue weighted by Gasteiger charge is -2.17. The zero-order valence-electron chi connectivity index (χ0n) is 19.6. The number of benzene rings is 2. The first-order chi connectivity index (χ1) is 18.1. The molecule has 2 aromatic heterocycles. The molecule has 7 nitrogen and oxygen atoms in total. The number of aromatic nitrogens is 3. The average molecular weight is 575 g/mol. The smallest absolute Gasteiger partial charge is 0.428 e. The van der Waals surface area contributed by atoms with Gasteiger partial charge in [-0.1, -0.05) is 19.1 Å². The summed E-state index contributed by atoms with van der Waals surface area (Å²) in [7, 11) is -4.09. The van der Waals surface area contributed by atoms with Crippen LogP contribution >= 0.6 is 0 Å². The van der Waals surface area contributed by atoms with Crippen LogP contribution in [0.2, 0.25) is 0 Å². The molecule has 2 heterocycles. The Morgan fingerprint density at radius 2 is 1.62 bits per heavy atom. The van der Waals surface area contributed by atoms with Crippen molar-refractivity contribution in [1.82, 2.24) is 14.5 Å². The van der Waals surface area contributed by atoms with E-state index in [-0.39, 0.29) is 16.6 Å². The van der Waals surface area contributed by atoms with Crippen molar-refractivity contribution in [3.8, 4) is 22.7 Å². The molecule has 0 atom stereocenters. The average Bonchev–Trinajstić information content (AvgIpc) is 2.88. The minimum absolute atomic E-state index is 0.0551. The number of sulfone groups is 1. The van der Waals surface area contributed by atoms with Crippen molar-refractivity contribution in [3.05, 3.63) is 77.0 Å². The molecule has 206 valence electrons. The Bertz CT molecular complexity index is 1700. The largest absolute Gasteiger partial charge is 0.461 e. The molecule has 0 saturated heterocycles. The number of alkyl halides is 7. The van der Waals surface area contributed by atoms with Crippen LogP contribution in [0.25, 0.3) is 27.8 Å². The Morgan fingerprint density at radius 1 is 0.949 bits per heavy atom. The van der Waals surface area contributed by atoms with Crippen LogP contribution in [0.1, 0.15) is 12.5 Å². The molecule has 0 saturated carbocycles. The number of rotatable bonds is 7. The van der Waals surface area contributed by atoms with Crippen LogP contribution in [0.4, 0.5) is 30.7 Å². The predicted molar refractivity (Wildman–Crippen MR) is 125 cm³/mol. The first-order valence-corrected chi connectivity index (χ1v) is 12.6. The van der Waals surface area contributed by atoms with Crippen LogP contribution in [-0.2, 0) is 16.0 Å². The van der Waals surface area contributed by atoms with Crippen molar-refractivity contribution in [3.63, 3.8) is 0 Å². The summed E-state index contributed by atoms with van der Waals surface area (Å²) in [5, 5.41) is -0.422. The molecule has 0 bridgehead atoms. The molecule has 0 amide bonds. The van der Waals surface area contributed by atoms with Crippen molar-refractivity contribution in [2.24, 2.45) is 0 Å². The van der Waals surface area contributed by atoms with Gasteiger partial charge >= 0.3 is 18.7 Å². The van der Waals surface area contributed by atoms with Crippen molar-refractivity contribution >= 4 is 20.7 Å². The van der Waals surface area contributed by atoms with E-state index in [9.17, 15) is 43.9 Å². The minimum atomic E-state index is -4.74. The van der Waals surface area contributed by atoms with E-state index in [0.717, 1.165) is 42.9 Å². The van der Waals surface area contributed by atoms with Gasteiger partial charge in [0, 0.05) is 11.8 Å². The van der Waals surface area contributed by atoms with Gasteiger partial charge in [-0.15, -0.1) is 0 Å². The molecular weight excluding hydrogens is 559 g/mol. The molecule has 39 heavy (non-hydrogen) atoms. The van der Waals surface area contributed by atoms with Crippen molar-refractivity contribution < 1.29 is 43.9 Å². The van der Waals surface area contributed by atoms with Crippen LogP contribution in [0.5, 0.6) is 5.75 Å². The quantitative estimate of drug-likeness (QED) is 0.271. The summed E-state index contributed by atoms with van der Waals surface area (Å²) < 4.78 is 121. The van der Waals surface area contributed by atoms with E-state index in [2.05, 4.69) is 14.7 Å². The minimum Gasteiger partial charge on any atom is -0.428 e. The molecule has 0 aliphatic carbocycles. The fraction of sp³-hybridized carbons (Fsp3) is 0.208. The maximum absolute atomic E-state index is 13.2. The van der Waals surface area contributed by atoms with Gasteiger partial charge in [-0.2, -0.15) is 30.7 Å². The van der Waals surface area contributed by atoms with E-state index in [1.807, 2.05) is 0 Å². The van der Waals surface area contributed by atoms with Gasteiger partial charge in [0.15, 0.2) is 15.7 Å². The van der Waals surface area contributed by atoms with Crippen molar-refractivity contribution in [2.45, 2.75) is 30.5 Å². The van der Waals surface area contributed by atoms with E-state index in [0.29, 0.717) is 10.6 Å². The number of pyridine rings is 1. The van der Waals surface area contributed by atoms with Crippen LogP contribution in [0.3, 0.4) is 0 Å². The summed E-state index contributed by atoms with van der Waals surface area (Å²) in [6.45, 7) is 1.32. The predicted octanol–water partition coefficient (Wildman–Crippen LogP) is 5.50. The number of hydrogen-bond donors (Lipinski definition) is 0. The van der Waals surface area contributed by atoms with E-state index in [1.54, 1.807) is 0 Å². The molecule has 4 aromatic rings. The number of hydrogen-bond acceptors (Lipinski definition) is 6. The lowest BCUT2D eigenvalue weighted by atomic mass is 10.1. The van der Waals surface area contributed by atoms with Crippen LogP contribution in [0.15, 0.2) is 70.7 Å². The SMILES string of the molecule is CCS(=O)(=O)c1cc(-c2ccc(OC(F)(F)C(F)F)cc2)cnc1-n1cnc2ccc(C(F)(F)F)cc2c1=O. The summed E-state index contributed by atoms with van der Waals surface area (Å²) in [5.41, 5.74) is -1.79. The van der Waals surface area contributed by atoms with Gasteiger partial charge in [0.05, 0.1) is 22.2 Å². The molecule has 0 unspecified atom stereocenters. The highest BCUT2D eigenvalue weighted by atomic mass is 32.2. The summed E-state index contributed by atoms with van der Waals surface area (Å²) in [6, 6.07) is 7.81. The fourth-order valence-electron chi connectivity index (χ4n) is 3.53. The maximum atomic E-state index is 13.2. The van der Waals surface area contributed by atoms with Gasteiger partial charge in [-0.3, -0.25) is 4.79 Å². The van der Waals surface area contributed by atoms with Crippen molar-refractivity contribution in [2.75, 3.05) is 5.75 Å². The highest BCUT2D eigenvalue weighted by Crippen LogP contribution is 2.32. The Hall–Kier alpha value is -4.01. The Morgan fingerprint density at radius 3 is 2.21 bits per heavy atom. The Kier molecular flexibility index (Phi) is 7.14. The van der Waals surface area contributed by atoms with Gasteiger partial charge in [-0.25, -0.2) is 23.0 Å². The molecule has 0 N–H and O–H groups in total. The Labute approximate surface area is 215 Å². The molecule has 2 aromatic carbocycles. The second-order valence-electron chi connectivity index (χ2n) is 8.09. The summed E-state index contributed by atoms with van der Waals surface area (Å²) in [4.78, 5) is 20.7. The molecule has 0 spiro atoms. The fourth-order valence-corrected chi connectivity index (χ4v) is 4.57. The third-order valence-corrected chi connectivity index (χ3v) is 7.29. The third-order valence-electron chi connectivity index (χ3n) is 5.56. The monoisotopic (exact) mass is 575 g/mol. The van der Waals surface area contributed by atoms with Crippen LogP contribution in [-0.4, -0.2) is 41.2 Å². The molecule has 15 heteroatoms. The molecule has 0 fully saturated rings. The molecule has 0 aliphatic heterocycles. The number of ether oxygens (including phenoxy) is 1. The zero-order valence-corrected chi connectivity index (χ0v) is 20.4. The van der Waals surface area contributed by atoms with E-state index >= 15 is 0 Å². The molecular formula is C24H16F7N3O4S. The van der Waals surface area contributed by atoms with Gasteiger partial charge in [-0.05, 0) is 42.0 Å².